The molecule has 6 heteroatoms. The quantitative estimate of drug-likeness (QED) is 0.944. The van der Waals surface area contributed by atoms with E-state index in [0.29, 0.717) is 5.02 Å². The van der Waals surface area contributed by atoms with Crippen molar-refractivity contribution in [1.29, 1.82) is 0 Å². The lowest BCUT2D eigenvalue weighted by Gasteiger charge is -2.18. The van der Waals surface area contributed by atoms with Gasteiger partial charge in [0.25, 0.3) is 0 Å². The molecule has 20 heavy (non-hydrogen) atoms. The van der Waals surface area contributed by atoms with Gasteiger partial charge in [0.05, 0.1) is 0 Å². The topological polar surface area (TPSA) is 57.6 Å². The minimum atomic E-state index is -3.74. The van der Waals surface area contributed by atoms with Gasteiger partial charge in [-0.15, -0.1) is 0 Å². The van der Waals surface area contributed by atoms with Crippen LogP contribution in [-0.4, -0.2) is 24.9 Å². The van der Waals surface area contributed by atoms with E-state index >= 15 is 0 Å². The highest BCUT2D eigenvalue weighted by Crippen LogP contribution is 2.25. The number of hydrogen-bond donors (Lipinski definition) is 1. The molecule has 0 spiro atoms. The fourth-order valence-corrected chi connectivity index (χ4v) is 3.27. The van der Waals surface area contributed by atoms with Gasteiger partial charge in [0, 0.05) is 18.6 Å². The highest BCUT2D eigenvalue weighted by molar-refractivity contribution is 7.89. The summed E-state index contributed by atoms with van der Waals surface area (Å²) in [5.41, 5.74) is 0.777. The van der Waals surface area contributed by atoms with Gasteiger partial charge in [-0.25, -0.2) is 8.42 Å². The van der Waals surface area contributed by atoms with Crippen LogP contribution in [0.3, 0.4) is 0 Å². The maximum Gasteiger partial charge on any atom is 0.246 e. The molecule has 4 nitrogen and oxygen atoms in total. The third-order valence-electron chi connectivity index (χ3n) is 2.85. The van der Waals surface area contributed by atoms with Crippen LogP contribution >= 0.6 is 11.6 Å². The fourth-order valence-electron chi connectivity index (χ4n) is 1.82. The van der Waals surface area contributed by atoms with Crippen molar-refractivity contribution in [1.82, 2.24) is 4.31 Å². The molecule has 0 unspecified atom stereocenters. The fraction of sp³-hybridized carbons (Fsp3) is 0.143. The molecule has 0 fully saturated rings. The first-order valence-corrected chi connectivity index (χ1v) is 7.72. The van der Waals surface area contributed by atoms with Gasteiger partial charge in [-0.1, -0.05) is 35.9 Å². The van der Waals surface area contributed by atoms with Crippen molar-refractivity contribution in [2.75, 3.05) is 7.05 Å². The molecular formula is C14H14ClNO3S. The SMILES string of the molecule is CN(Cc1cccc(Cl)c1)S(=O)(=O)c1ccccc1O. The summed E-state index contributed by atoms with van der Waals surface area (Å²) in [6.45, 7) is 0.178. The molecule has 2 aromatic carbocycles. The Hall–Kier alpha value is -1.56. The van der Waals surface area contributed by atoms with Crippen molar-refractivity contribution in [2.24, 2.45) is 0 Å². The highest BCUT2D eigenvalue weighted by Gasteiger charge is 2.23. The maximum atomic E-state index is 12.4. The van der Waals surface area contributed by atoms with E-state index in [1.54, 1.807) is 36.4 Å². The Morgan fingerprint density at radius 1 is 1.15 bits per heavy atom. The molecule has 1 N–H and O–H groups in total. The number of phenols is 1. The van der Waals surface area contributed by atoms with Gasteiger partial charge in [0.15, 0.2) is 0 Å². The van der Waals surface area contributed by atoms with Crippen LogP contribution in [0.4, 0.5) is 0 Å². The number of phenolic OH excluding ortho intramolecular Hbond substituents is 1. The average molecular weight is 312 g/mol. The molecular weight excluding hydrogens is 298 g/mol. The zero-order chi connectivity index (χ0) is 14.8. The second kappa shape index (κ2) is 5.83. The Balaban J connectivity index is 2.29. The van der Waals surface area contributed by atoms with Gasteiger partial charge >= 0.3 is 0 Å². The lowest BCUT2D eigenvalue weighted by molar-refractivity contribution is 0.440. The van der Waals surface area contributed by atoms with Crippen molar-refractivity contribution in [3.8, 4) is 5.75 Å². The number of sulfonamides is 1. The highest BCUT2D eigenvalue weighted by atomic mass is 35.5. The van der Waals surface area contributed by atoms with E-state index in [9.17, 15) is 13.5 Å². The normalized spacial score (nSPS) is 11.8. The van der Waals surface area contributed by atoms with E-state index < -0.39 is 10.0 Å². The summed E-state index contributed by atoms with van der Waals surface area (Å²) in [5, 5.41) is 10.2. The number of para-hydroxylation sites is 1. The van der Waals surface area contributed by atoms with Crippen LogP contribution in [0.5, 0.6) is 5.75 Å². The second-order valence-electron chi connectivity index (χ2n) is 4.36. The van der Waals surface area contributed by atoms with Crippen LogP contribution in [0.1, 0.15) is 5.56 Å². The van der Waals surface area contributed by atoms with E-state index in [4.69, 9.17) is 11.6 Å². The molecule has 0 radical (unpaired) electrons. The largest absolute Gasteiger partial charge is 0.507 e. The van der Waals surface area contributed by atoms with Crippen molar-refractivity contribution in [3.05, 3.63) is 59.1 Å². The van der Waals surface area contributed by atoms with Crippen LogP contribution in [0.15, 0.2) is 53.4 Å². The molecule has 0 aliphatic heterocycles. The van der Waals surface area contributed by atoms with Crippen molar-refractivity contribution < 1.29 is 13.5 Å². The zero-order valence-electron chi connectivity index (χ0n) is 10.8. The van der Waals surface area contributed by atoms with E-state index in [-0.39, 0.29) is 17.2 Å². The summed E-state index contributed by atoms with van der Waals surface area (Å²) >= 11 is 5.88. The van der Waals surface area contributed by atoms with Gasteiger partial charge in [0.1, 0.15) is 10.6 Å². The Morgan fingerprint density at radius 2 is 1.85 bits per heavy atom. The molecule has 106 valence electrons. The lowest BCUT2D eigenvalue weighted by Crippen LogP contribution is -2.26. The molecule has 2 aromatic rings. The van der Waals surface area contributed by atoms with Crippen LogP contribution in [0, 0.1) is 0 Å². The summed E-state index contributed by atoms with van der Waals surface area (Å²) in [5.74, 6) is -0.259. The van der Waals surface area contributed by atoms with E-state index in [2.05, 4.69) is 0 Å². The van der Waals surface area contributed by atoms with Crippen LogP contribution in [0.25, 0.3) is 0 Å². The number of aromatic hydroxyl groups is 1. The van der Waals surface area contributed by atoms with Gasteiger partial charge in [-0.2, -0.15) is 4.31 Å². The van der Waals surface area contributed by atoms with Crippen LogP contribution in [0.2, 0.25) is 5.02 Å². The molecule has 0 heterocycles. The summed E-state index contributed by atoms with van der Waals surface area (Å²) in [7, 11) is -2.28. The Bertz CT molecular complexity index is 716. The van der Waals surface area contributed by atoms with Gasteiger partial charge in [-0.05, 0) is 29.8 Å². The van der Waals surface area contributed by atoms with Crippen molar-refractivity contribution in [2.45, 2.75) is 11.4 Å². The standard InChI is InChI=1S/C14H14ClNO3S/c1-16(10-11-5-4-6-12(15)9-11)20(18,19)14-8-3-2-7-13(14)17/h2-9,17H,10H2,1H3. The minimum Gasteiger partial charge on any atom is -0.507 e. The number of benzene rings is 2. The first kappa shape index (κ1) is 14.8. The molecule has 0 aliphatic rings. The minimum absolute atomic E-state index is 0.107. The third-order valence-corrected chi connectivity index (χ3v) is 4.93. The number of nitrogens with zero attached hydrogens (tertiary/aromatic N) is 1. The predicted molar refractivity (Wildman–Crippen MR) is 78.2 cm³/mol. The van der Waals surface area contributed by atoms with Gasteiger partial charge in [0.2, 0.25) is 10.0 Å². The van der Waals surface area contributed by atoms with E-state index in [1.807, 2.05) is 0 Å². The van der Waals surface area contributed by atoms with Crippen molar-refractivity contribution >= 4 is 21.6 Å². The summed E-state index contributed by atoms with van der Waals surface area (Å²) in [4.78, 5) is -0.107. The molecule has 0 amide bonds. The molecule has 0 saturated carbocycles. The first-order valence-electron chi connectivity index (χ1n) is 5.90. The third kappa shape index (κ3) is 3.12. The summed E-state index contributed by atoms with van der Waals surface area (Å²) < 4.78 is 25.9. The smallest absolute Gasteiger partial charge is 0.246 e. The van der Waals surface area contributed by atoms with E-state index in [0.717, 1.165) is 5.56 Å². The summed E-state index contributed by atoms with van der Waals surface area (Å²) in [6, 6.07) is 12.9. The van der Waals surface area contributed by atoms with Crippen molar-refractivity contribution in [3.63, 3.8) is 0 Å². The maximum absolute atomic E-state index is 12.4. The molecule has 0 bridgehead atoms. The molecule has 0 saturated heterocycles. The number of rotatable bonds is 4. The Kier molecular flexibility index (Phi) is 4.32. The zero-order valence-corrected chi connectivity index (χ0v) is 12.4. The molecule has 0 aromatic heterocycles. The average Bonchev–Trinajstić information content (AvgIpc) is 2.39. The van der Waals surface area contributed by atoms with Crippen LogP contribution in [-0.2, 0) is 16.6 Å². The number of halogens is 1. The molecule has 0 aliphatic carbocycles. The monoisotopic (exact) mass is 311 g/mol. The predicted octanol–water partition coefficient (Wildman–Crippen LogP) is 2.87. The lowest BCUT2D eigenvalue weighted by atomic mass is 10.2. The van der Waals surface area contributed by atoms with Crippen LogP contribution < -0.4 is 0 Å². The van der Waals surface area contributed by atoms with Gasteiger partial charge < -0.3 is 5.11 Å². The first-order chi connectivity index (χ1) is 9.41. The Labute approximate surface area is 123 Å². The summed E-state index contributed by atoms with van der Waals surface area (Å²) in [6.07, 6.45) is 0. The van der Waals surface area contributed by atoms with Gasteiger partial charge in [-0.3, -0.25) is 0 Å². The Morgan fingerprint density at radius 3 is 2.50 bits per heavy atom. The number of hydrogen-bond acceptors (Lipinski definition) is 3. The second-order valence-corrected chi connectivity index (χ2v) is 6.81. The molecule has 0 atom stereocenters. The molecule has 2 rings (SSSR count). The van der Waals surface area contributed by atoms with E-state index in [1.165, 1.54) is 23.5 Å².